The van der Waals surface area contributed by atoms with Crippen LogP contribution in [0.15, 0.2) is 40.9 Å². The Morgan fingerprint density at radius 3 is 2.91 bits per heavy atom. The Morgan fingerprint density at radius 1 is 1.39 bits per heavy atom. The number of nitrogens with zero attached hydrogens (tertiary/aromatic N) is 2. The van der Waals surface area contributed by atoms with Crippen LogP contribution in [-0.4, -0.2) is 9.55 Å². The average Bonchev–Trinajstić information content (AvgIpc) is 2.96. The molecule has 0 fully saturated rings. The van der Waals surface area contributed by atoms with Crippen molar-refractivity contribution in [3.8, 4) is 0 Å². The summed E-state index contributed by atoms with van der Waals surface area (Å²) in [5, 5.41) is 0.622. The summed E-state index contributed by atoms with van der Waals surface area (Å²) >= 11 is 9.62. The smallest absolute Gasteiger partial charge is 0.130 e. The third kappa shape index (κ3) is 2.22. The molecule has 0 radical (unpaired) electrons. The number of nitrogens with two attached hydrogens (primary N) is 1. The van der Waals surface area contributed by atoms with Crippen molar-refractivity contribution < 1.29 is 4.39 Å². The van der Waals surface area contributed by atoms with E-state index in [1.807, 2.05) is 29.7 Å². The summed E-state index contributed by atoms with van der Waals surface area (Å²) in [5.41, 5.74) is 8.13. The minimum absolute atomic E-state index is 0.223. The van der Waals surface area contributed by atoms with Gasteiger partial charge in [0.15, 0.2) is 0 Å². The molecule has 0 spiro atoms. The molecule has 4 rings (SSSR count). The van der Waals surface area contributed by atoms with E-state index in [0.29, 0.717) is 17.0 Å². The van der Waals surface area contributed by atoms with E-state index in [1.54, 1.807) is 12.1 Å². The highest BCUT2D eigenvalue weighted by Gasteiger charge is 2.42. The van der Waals surface area contributed by atoms with Crippen LogP contribution in [0.1, 0.15) is 30.8 Å². The molecular weight excluding hydrogens is 381 g/mol. The summed E-state index contributed by atoms with van der Waals surface area (Å²) in [6.45, 7) is 1.93. The molecule has 6 heteroatoms. The highest BCUT2D eigenvalue weighted by atomic mass is 79.9. The van der Waals surface area contributed by atoms with E-state index in [9.17, 15) is 4.39 Å². The molecule has 1 aliphatic rings. The van der Waals surface area contributed by atoms with Crippen LogP contribution < -0.4 is 5.73 Å². The molecule has 0 amide bonds. The fraction of sp³-hybridized carbons (Fsp3) is 0.235. The van der Waals surface area contributed by atoms with E-state index < -0.39 is 5.54 Å². The number of hydrogen-bond donors (Lipinski definition) is 1. The molecule has 3 aromatic rings. The van der Waals surface area contributed by atoms with Gasteiger partial charge in [0.05, 0.1) is 22.6 Å². The zero-order valence-electron chi connectivity index (χ0n) is 12.4. The maximum absolute atomic E-state index is 14.5. The van der Waals surface area contributed by atoms with Gasteiger partial charge in [0, 0.05) is 15.1 Å². The second-order valence-electron chi connectivity index (χ2n) is 6.21. The van der Waals surface area contributed by atoms with E-state index >= 15 is 0 Å². The van der Waals surface area contributed by atoms with E-state index in [1.165, 1.54) is 6.07 Å². The van der Waals surface area contributed by atoms with Gasteiger partial charge in [0.25, 0.3) is 0 Å². The number of halogens is 3. The fourth-order valence-electron chi connectivity index (χ4n) is 3.43. The second-order valence-corrected chi connectivity index (χ2v) is 7.50. The van der Waals surface area contributed by atoms with Crippen molar-refractivity contribution in [2.75, 3.05) is 0 Å². The van der Waals surface area contributed by atoms with Crippen LogP contribution in [0.2, 0.25) is 5.02 Å². The van der Waals surface area contributed by atoms with Crippen LogP contribution in [0.5, 0.6) is 0 Å². The van der Waals surface area contributed by atoms with Gasteiger partial charge >= 0.3 is 0 Å². The van der Waals surface area contributed by atoms with Crippen molar-refractivity contribution in [2.24, 2.45) is 5.73 Å². The lowest BCUT2D eigenvalue weighted by Crippen LogP contribution is -2.31. The molecule has 2 atom stereocenters. The van der Waals surface area contributed by atoms with Crippen LogP contribution in [0.3, 0.4) is 0 Å². The van der Waals surface area contributed by atoms with Gasteiger partial charge < -0.3 is 10.3 Å². The second kappa shape index (κ2) is 5.03. The average molecular weight is 395 g/mol. The Labute approximate surface area is 146 Å². The molecule has 0 aliphatic carbocycles. The zero-order chi connectivity index (χ0) is 16.4. The first-order valence-electron chi connectivity index (χ1n) is 7.29. The molecule has 0 saturated heterocycles. The van der Waals surface area contributed by atoms with Gasteiger partial charge in [-0.05, 0) is 43.7 Å². The Hall–Kier alpha value is -1.43. The summed E-state index contributed by atoms with van der Waals surface area (Å²) in [7, 11) is 0. The maximum atomic E-state index is 14.5. The van der Waals surface area contributed by atoms with Crippen LogP contribution in [0, 0.1) is 5.82 Å². The first-order valence-corrected chi connectivity index (χ1v) is 8.46. The quantitative estimate of drug-likeness (QED) is 0.647. The summed E-state index contributed by atoms with van der Waals surface area (Å²) in [5.74, 6) is 0.506. The lowest BCUT2D eigenvalue weighted by atomic mass is 9.94. The monoisotopic (exact) mass is 393 g/mol. The van der Waals surface area contributed by atoms with E-state index in [0.717, 1.165) is 21.3 Å². The lowest BCUT2D eigenvalue weighted by molar-refractivity contribution is 0.448. The topological polar surface area (TPSA) is 43.8 Å². The van der Waals surface area contributed by atoms with Crippen LogP contribution >= 0.6 is 27.5 Å². The van der Waals surface area contributed by atoms with Gasteiger partial charge in [-0.15, -0.1) is 0 Å². The summed E-state index contributed by atoms with van der Waals surface area (Å²) in [4.78, 5) is 4.66. The first kappa shape index (κ1) is 15.1. The third-order valence-electron chi connectivity index (χ3n) is 4.42. The number of aromatic nitrogens is 2. The van der Waals surface area contributed by atoms with Crippen molar-refractivity contribution in [3.63, 3.8) is 0 Å². The predicted molar refractivity (Wildman–Crippen MR) is 93.1 cm³/mol. The molecule has 0 bridgehead atoms. The Balaban J connectivity index is 2.04. The standard InChI is InChI=1S/C17H14BrClFN3/c1-17(21)8-14(15-10(18)3-2-4-11(15)20)23-13-7-9(19)5-6-12(13)22-16(17)23/h2-7,14H,8,21H2,1H3/t14-,17-/m1/s1. The van der Waals surface area contributed by atoms with Crippen molar-refractivity contribution in [1.82, 2.24) is 9.55 Å². The van der Waals surface area contributed by atoms with E-state index in [-0.39, 0.29) is 11.9 Å². The number of imidazole rings is 1. The zero-order valence-corrected chi connectivity index (χ0v) is 14.7. The Morgan fingerprint density at radius 2 is 2.17 bits per heavy atom. The Bertz CT molecular complexity index is 915. The molecule has 1 aromatic heterocycles. The van der Waals surface area contributed by atoms with Crippen LogP contribution in [0.4, 0.5) is 4.39 Å². The number of benzene rings is 2. The molecule has 1 aliphatic heterocycles. The SMILES string of the molecule is C[C@@]1(N)C[C@H](c2c(F)cccc2Br)n2c1nc1ccc(Cl)cc12. The highest BCUT2D eigenvalue weighted by Crippen LogP contribution is 2.45. The van der Waals surface area contributed by atoms with Gasteiger partial charge in [-0.1, -0.05) is 33.6 Å². The molecule has 118 valence electrons. The Kier molecular flexibility index (Phi) is 3.31. The van der Waals surface area contributed by atoms with Crippen molar-refractivity contribution in [1.29, 1.82) is 0 Å². The lowest BCUT2D eigenvalue weighted by Gasteiger charge is -2.19. The van der Waals surface area contributed by atoms with Gasteiger partial charge in [0.1, 0.15) is 11.6 Å². The molecule has 3 nitrogen and oxygen atoms in total. The molecule has 0 unspecified atom stereocenters. The maximum Gasteiger partial charge on any atom is 0.130 e. The van der Waals surface area contributed by atoms with Gasteiger partial charge in [0.2, 0.25) is 0 Å². The summed E-state index contributed by atoms with van der Waals surface area (Å²) in [6, 6.07) is 10.3. The third-order valence-corrected chi connectivity index (χ3v) is 5.35. The molecule has 2 heterocycles. The first-order chi connectivity index (χ1) is 10.9. The van der Waals surface area contributed by atoms with Crippen molar-refractivity contribution in [3.05, 3.63) is 63.1 Å². The number of fused-ring (bicyclic) bond motifs is 3. The molecule has 2 N–H and O–H groups in total. The minimum Gasteiger partial charge on any atom is -0.319 e. The van der Waals surface area contributed by atoms with Crippen LogP contribution in [-0.2, 0) is 5.54 Å². The number of hydrogen-bond acceptors (Lipinski definition) is 2. The van der Waals surface area contributed by atoms with Crippen molar-refractivity contribution >= 4 is 38.6 Å². The summed E-state index contributed by atoms with van der Waals surface area (Å²) < 4.78 is 17.3. The van der Waals surface area contributed by atoms with E-state index in [4.69, 9.17) is 17.3 Å². The highest BCUT2D eigenvalue weighted by molar-refractivity contribution is 9.10. The molecule has 23 heavy (non-hydrogen) atoms. The largest absolute Gasteiger partial charge is 0.319 e. The number of rotatable bonds is 1. The molecule has 2 aromatic carbocycles. The normalized spacial score (nSPS) is 23.4. The van der Waals surface area contributed by atoms with E-state index in [2.05, 4.69) is 20.9 Å². The van der Waals surface area contributed by atoms with Gasteiger partial charge in [-0.3, -0.25) is 0 Å². The summed E-state index contributed by atoms with van der Waals surface area (Å²) in [6.07, 6.45) is 0.581. The van der Waals surface area contributed by atoms with Crippen LogP contribution in [0.25, 0.3) is 11.0 Å². The predicted octanol–water partition coefficient (Wildman–Crippen LogP) is 4.76. The van der Waals surface area contributed by atoms with Gasteiger partial charge in [-0.2, -0.15) is 0 Å². The fourth-order valence-corrected chi connectivity index (χ4v) is 4.20. The van der Waals surface area contributed by atoms with Gasteiger partial charge in [-0.25, -0.2) is 9.37 Å². The van der Waals surface area contributed by atoms with Crippen molar-refractivity contribution in [2.45, 2.75) is 24.9 Å². The molecule has 0 saturated carbocycles. The molecular formula is C17H14BrClFN3. The minimum atomic E-state index is -0.627.